The number of hydrogen-bond acceptors (Lipinski definition) is 5. The Kier molecular flexibility index (Phi) is 5.43. The van der Waals surface area contributed by atoms with Crippen molar-refractivity contribution in [3.63, 3.8) is 0 Å². The maximum atomic E-state index is 12.2. The molecule has 0 saturated carbocycles. The number of anilines is 3. The van der Waals surface area contributed by atoms with Crippen molar-refractivity contribution in [2.75, 3.05) is 23.3 Å². The van der Waals surface area contributed by atoms with Gasteiger partial charge in [0.15, 0.2) is 0 Å². The van der Waals surface area contributed by atoms with Crippen LogP contribution < -0.4 is 15.0 Å². The minimum atomic E-state index is -4.72. The first-order valence-electron chi connectivity index (χ1n) is 8.02. The number of hydrogen-bond donors (Lipinski definition) is 2. The van der Waals surface area contributed by atoms with Gasteiger partial charge in [-0.05, 0) is 43.2 Å². The maximum Gasteiger partial charge on any atom is 0.573 e. The van der Waals surface area contributed by atoms with E-state index in [1.807, 2.05) is 11.0 Å². The summed E-state index contributed by atoms with van der Waals surface area (Å²) in [5.41, 5.74) is 1.25. The summed E-state index contributed by atoms with van der Waals surface area (Å²) < 4.78 is 40.4. The highest BCUT2D eigenvalue weighted by atomic mass is 35.5. The Hall–Kier alpha value is -2.19. The van der Waals surface area contributed by atoms with E-state index >= 15 is 0 Å². The van der Waals surface area contributed by atoms with E-state index in [2.05, 4.69) is 15.0 Å². The number of rotatable bonds is 4. The molecule has 3 rings (SSSR count). The van der Waals surface area contributed by atoms with E-state index in [0.29, 0.717) is 48.3 Å². The van der Waals surface area contributed by atoms with E-state index in [9.17, 15) is 18.3 Å². The first kappa shape index (κ1) is 18.6. The lowest BCUT2D eigenvalue weighted by Gasteiger charge is -2.30. The number of aliphatic hydroxyl groups is 1. The molecule has 9 heteroatoms. The van der Waals surface area contributed by atoms with Gasteiger partial charge < -0.3 is 20.1 Å². The highest BCUT2D eigenvalue weighted by Gasteiger charge is 2.30. The number of alkyl halides is 3. The zero-order chi connectivity index (χ0) is 18.7. The molecule has 1 fully saturated rings. The molecule has 26 heavy (non-hydrogen) atoms. The summed E-state index contributed by atoms with van der Waals surface area (Å²) in [5, 5.41) is 13.0. The van der Waals surface area contributed by atoms with Gasteiger partial charge in [-0.1, -0.05) is 11.6 Å². The van der Waals surface area contributed by atoms with Crippen molar-refractivity contribution < 1.29 is 23.0 Å². The van der Waals surface area contributed by atoms with Crippen LogP contribution in [0.4, 0.5) is 30.4 Å². The molecule has 140 valence electrons. The molecule has 0 atom stereocenters. The Morgan fingerprint density at radius 2 is 1.77 bits per heavy atom. The quantitative estimate of drug-likeness (QED) is 0.764. The average Bonchev–Trinajstić information content (AvgIpc) is 2.55. The van der Waals surface area contributed by atoms with Crippen LogP contribution in [0.5, 0.6) is 5.75 Å². The topological polar surface area (TPSA) is 57.6 Å². The highest BCUT2D eigenvalue weighted by molar-refractivity contribution is 6.29. The average molecular weight is 388 g/mol. The van der Waals surface area contributed by atoms with E-state index in [1.54, 1.807) is 6.07 Å². The van der Waals surface area contributed by atoms with Crippen LogP contribution in [-0.2, 0) is 0 Å². The molecule has 0 amide bonds. The second-order valence-electron chi connectivity index (χ2n) is 5.95. The van der Waals surface area contributed by atoms with Crippen LogP contribution in [0.3, 0.4) is 0 Å². The zero-order valence-electron chi connectivity index (χ0n) is 13.6. The number of nitrogens with zero attached hydrogens (tertiary/aromatic N) is 2. The lowest BCUT2D eigenvalue weighted by atomic mass is 10.1. The van der Waals surface area contributed by atoms with Gasteiger partial charge in [-0.25, -0.2) is 4.98 Å². The molecule has 2 heterocycles. The van der Waals surface area contributed by atoms with Crippen molar-refractivity contribution in [2.45, 2.75) is 25.3 Å². The first-order chi connectivity index (χ1) is 12.3. The van der Waals surface area contributed by atoms with Crippen LogP contribution >= 0.6 is 11.6 Å². The minimum Gasteiger partial charge on any atom is -0.406 e. The van der Waals surface area contributed by atoms with Crippen molar-refractivity contribution in [2.24, 2.45) is 0 Å². The second-order valence-corrected chi connectivity index (χ2v) is 6.34. The molecule has 1 saturated heterocycles. The fourth-order valence-corrected chi connectivity index (χ4v) is 2.92. The zero-order valence-corrected chi connectivity index (χ0v) is 14.4. The lowest BCUT2D eigenvalue weighted by molar-refractivity contribution is -0.274. The summed E-state index contributed by atoms with van der Waals surface area (Å²) in [6, 6.07) is 8.85. The van der Waals surface area contributed by atoms with Crippen LogP contribution in [0.25, 0.3) is 0 Å². The summed E-state index contributed by atoms with van der Waals surface area (Å²) in [4.78, 5) is 6.34. The number of aliphatic hydroxyl groups excluding tert-OH is 1. The van der Waals surface area contributed by atoms with Crippen LogP contribution in [0.15, 0.2) is 36.4 Å². The maximum absolute atomic E-state index is 12.2. The number of pyridine rings is 1. The number of piperidine rings is 1. The Morgan fingerprint density at radius 1 is 1.12 bits per heavy atom. The molecule has 0 radical (unpaired) electrons. The third-order valence-corrected chi connectivity index (χ3v) is 4.14. The van der Waals surface area contributed by atoms with Crippen LogP contribution in [-0.4, -0.2) is 35.6 Å². The molecule has 1 aromatic carbocycles. The Bertz CT molecular complexity index is 748. The first-order valence-corrected chi connectivity index (χ1v) is 8.40. The molecule has 1 aromatic heterocycles. The molecule has 5 nitrogen and oxygen atoms in total. The summed E-state index contributed by atoms with van der Waals surface area (Å²) in [6.45, 7) is 1.36. The van der Waals surface area contributed by atoms with Crippen molar-refractivity contribution in [1.29, 1.82) is 0 Å². The molecule has 0 aliphatic carbocycles. The van der Waals surface area contributed by atoms with E-state index in [4.69, 9.17) is 11.6 Å². The van der Waals surface area contributed by atoms with Gasteiger partial charge in [-0.15, -0.1) is 13.2 Å². The molecule has 2 aromatic rings. The molecular weight excluding hydrogens is 371 g/mol. The number of ether oxygens (including phenoxy) is 1. The predicted molar refractivity (Wildman–Crippen MR) is 93.1 cm³/mol. The Balaban J connectivity index is 1.71. The van der Waals surface area contributed by atoms with Crippen LogP contribution in [0.1, 0.15) is 12.8 Å². The van der Waals surface area contributed by atoms with Crippen molar-refractivity contribution in [3.05, 3.63) is 41.6 Å². The van der Waals surface area contributed by atoms with Gasteiger partial charge >= 0.3 is 6.36 Å². The summed E-state index contributed by atoms with van der Waals surface area (Å²) in [6.07, 6.45) is -3.68. The standard InChI is InChI=1S/C17H17ClF3N3O2/c18-15-9-12(10-16(23-15)24-7-5-13(25)6-8-24)22-11-1-3-14(4-2-11)26-17(19,20)21/h1-4,9-10,13,25H,5-8H2,(H,22,23). The SMILES string of the molecule is OC1CCN(c2cc(Nc3ccc(OC(F)(F)F)cc3)cc(Cl)n2)CC1. The predicted octanol–water partition coefficient (Wildman–Crippen LogP) is 4.34. The molecule has 1 aliphatic rings. The second kappa shape index (κ2) is 7.59. The third-order valence-electron chi connectivity index (χ3n) is 3.95. The number of benzene rings is 1. The van der Waals surface area contributed by atoms with E-state index < -0.39 is 6.36 Å². The van der Waals surface area contributed by atoms with Gasteiger partial charge in [0.25, 0.3) is 0 Å². The van der Waals surface area contributed by atoms with Crippen molar-refractivity contribution in [3.8, 4) is 5.75 Å². The van der Waals surface area contributed by atoms with E-state index in [-0.39, 0.29) is 11.9 Å². The van der Waals surface area contributed by atoms with Crippen LogP contribution in [0, 0.1) is 0 Å². The summed E-state index contributed by atoms with van der Waals surface area (Å²) in [5.74, 6) is 0.396. The summed E-state index contributed by atoms with van der Waals surface area (Å²) in [7, 11) is 0. The fourth-order valence-electron chi connectivity index (χ4n) is 2.72. The lowest BCUT2D eigenvalue weighted by Crippen LogP contribution is -2.36. The molecule has 0 bridgehead atoms. The molecular formula is C17H17ClF3N3O2. The van der Waals surface area contributed by atoms with Gasteiger partial charge in [0.1, 0.15) is 16.7 Å². The highest BCUT2D eigenvalue weighted by Crippen LogP contribution is 2.28. The fraction of sp³-hybridized carbons (Fsp3) is 0.353. The van der Waals surface area contributed by atoms with Gasteiger partial charge in [0.2, 0.25) is 0 Å². The van der Waals surface area contributed by atoms with Crippen molar-refractivity contribution in [1.82, 2.24) is 4.98 Å². The number of halogens is 4. The smallest absolute Gasteiger partial charge is 0.406 e. The third kappa shape index (κ3) is 5.15. The Labute approximate surface area is 153 Å². The Morgan fingerprint density at radius 3 is 2.38 bits per heavy atom. The number of nitrogens with one attached hydrogen (secondary N) is 1. The molecule has 1 aliphatic heterocycles. The van der Waals surface area contributed by atoms with E-state index in [0.717, 1.165) is 0 Å². The van der Waals surface area contributed by atoms with Gasteiger partial charge in [-0.3, -0.25) is 0 Å². The van der Waals surface area contributed by atoms with Gasteiger partial charge in [-0.2, -0.15) is 0 Å². The van der Waals surface area contributed by atoms with Gasteiger partial charge in [0.05, 0.1) is 6.10 Å². The normalized spacial score (nSPS) is 15.8. The summed E-state index contributed by atoms with van der Waals surface area (Å²) >= 11 is 6.09. The molecule has 0 spiro atoms. The molecule has 2 N–H and O–H groups in total. The van der Waals surface area contributed by atoms with Crippen LogP contribution in [0.2, 0.25) is 5.15 Å². The largest absolute Gasteiger partial charge is 0.573 e. The molecule has 0 unspecified atom stereocenters. The minimum absolute atomic E-state index is 0.289. The monoisotopic (exact) mass is 387 g/mol. The van der Waals surface area contributed by atoms with Gasteiger partial charge in [0, 0.05) is 30.5 Å². The van der Waals surface area contributed by atoms with Crippen molar-refractivity contribution >= 4 is 28.8 Å². The van der Waals surface area contributed by atoms with E-state index in [1.165, 1.54) is 24.3 Å². The number of aromatic nitrogens is 1.